The third-order valence-corrected chi connectivity index (χ3v) is 4.83. The lowest BCUT2D eigenvalue weighted by Gasteiger charge is -2.18. The van der Waals surface area contributed by atoms with E-state index in [1.165, 1.54) is 5.56 Å². The first-order valence-electron chi connectivity index (χ1n) is 8.75. The van der Waals surface area contributed by atoms with Gasteiger partial charge in [0.05, 0.1) is 12.8 Å². The number of para-hydroxylation sites is 1. The first-order chi connectivity index (χ1) is 13.1. The quantitative estimate of drug-likeness (QED) is 0.556. The lowest BCUT2D eigenvalue weighted by molar-refractivity contribution is 0.0523. The molecular weight excluding hydrogens is 362 g/mol. The van der Waals surface area contributed by atoms with Gasteiger partial charge in [-0.3, -0.25) is 4.79 Å². The molecule has 0 saturated heterocycles. The highest BCUT2D eigenvalue weighted by Gasteiger charge is 2.19. The van der Waals surface area contributed by atoms with E-state index in [1.807, 2.05) is 35.1 Å². The van der Waals surface area contributed by atoms with Crippen molar-refractivity contribution in [2.75, 3.05) is 6.61 Å². The van der Waals surface area contributed by atoms with Gasteiger partial charge in [-0.25, -0.2) is 4.79 Å². The lowest BCUT2D eigenvalue weighted by atomic mass is 10.1. The molecular formula is C21H21NO4S. The molecule has 0 aliphatic heterocycles. The van der Waals surface area contributed by atoms with Gasteiger partial charge in [-0.2, -0.15) is 11.3 Å². The number of rotatable bonds is 7. The summed E-state index contributed by atoms with van der Waals surface area (Å²) in [5.41, 5.74) is 0.702. The van der Waals surface area contributed by atoms with Crippen LogP contribution >= 0.6 is 11.3 Å². The standard InChI is InChI=1S/C21H21NO4S/c1-3-25-21(24)18-12-22(15(2)11-16-9-10-27-14-16)13-19(20(18)23)26-17-7-5-4-6-8-17/h4-10,12-15H,3,11H2,1-2H3. The van der Waals surface area contributed by atoms with Crippen molar-refractivity contribution in [1.29, 1.82) is 0 Å². The van der Waals surface area contributed by atoms with E-state index < -0.39 is 11.4 Å². The number of nitrogens with zero attached hydrogens (tertiary/aromatic N) is 1. The van der Waals surface area contributed by atoms with Crippen LogP contribution in [0.1, 0.15) is 35.8 Å². The monoisotopic (exact) mass is 383 g/mol. The highest BCUT2D eigenvalue weighted by molar-refractivity contribution is 7.07. The van der Waals surface area contributed by atoms with Crippen LogP contribution in [-0.2, 0) is 11.2 Å². The minimum Gasteiger partial charge on any atom is -0.462 e. The minimum atomic E-state index is -0.641. The molecule has 6 heteroatoms. The Balaban J connectivity index is 1.99. The number of ether oxygens (including phenoxy) is 2. The Labute approximate surface area is 161 Å². The molecule has 140 valence electrons. The van der Waals surface area contributed by atoms with Gasteiger partial charge in [-0.15, -0.1) is 0 Å². The molecule has 27 heavy (non-hydrogen) atoms. The van der Waals surface area contributed by atoms with E-state index in [1.54, 1.807) is 42.8 Å². The second kappa shape index (κ2) is 8.68. The van der Waals surface area contributed by atoms with Crippen LogP contribution in [0, 0.1) is 0 Å². The second-order valence-electron chi connectivity index (χ2n) is 6.13. The molecule has 0 aliphatic rings. The molecule has 1 unspecified atom stereocenters. The molecule has 0 radical (unpaired) electrons. The van der Waals surface area contributed by atoms with Gasteiger partial charge in [-0.05, 0) is 54.8 Å². The summed E-state index contributed by atoms with van der Waals surface area (Å²) in [5, 5.41) is 4.12. The van der Waals surface area contributed by atoms with E-state index in [9.17, 15) is 9.59 Å². The highest BCUT2D eigenvalue weighted by Crippen LogP contribution is 2.22. The van der Waals surface area contributed by atoms with Gasteiger partial charge in [0.1, 0.15) is 11.3 Å². The van der Waals surface area contributed by atoms with Crippen LogP contribution in [0.25, 0.3) is 0 Å². The number of pyridine rings is 1. The minimum absolute atomic E-state index is 0.0255. The number of hydrogen-bond acceptors (Lipinski definition) is 5. The average Bonchev–Trinajstić information content (AvgIpc) is 3.17. The Morgan fingerprint density at radius 2 is 1.96 bits per heavy atom. The average molecular weight is 383 g/mol. The third kappa shape index (κ3) is 4.65. The molecule has 3 rings (SSSR count). The summed E-state index contributed by atoms with van der Waals surface area (Å²) in [6.07, 6.45) is 3.98. The van der Waals surface area contributed by atoms with Gasteiger partial charge in [0.15, 0.2) is 5.75 Å². The van der Waals surface area contributed by atoms with E-state index >= 15 is 0 Å². The predicted molar refractivity (Wildman–Crippen MR) is 106 cm³/mol. The Hall–Kier alpha value is -2.86. The molecule has 5 nitrogen and oxygen atoms in total. The van der Waals surface area contributed by atoms with Crippen molar-refractivity contribution in [3.63, 3.8) is 0 Å². The fourth-order valence-corrected chi connectivity index (χ4v) is 3.41. The molecule has 0 aliphatic carbocycles. The molecule has 1 aromatic carbocycles. The molecule has 0 N–H and O–H groups in total. The van der Waals surface area contributed by atoms with Gasteiger partial charge in [0.2, 0.25) is 5.43 Å². The first-order valence-corrected chi connectivity index (χ1v) is 9.69. The Morgan fingerprint density at radius 1 is 1.19 bits per heavy atom. The fourth-order valence-electron chi connectivity index (χ4n) is 2.72. The van der Waals surface area contributed by atoms with Gasteiger partial charge in [-0.1, -0.05) is 18.2 Å². The lowest BCUT2D eigenvalue weighted by Crippen LogP contribution is -2.22. The molecule has 0 amide bonds. The zero-order chi connectivity index (χ0) is 19.2. The number of carbonyl (C=O) groups excluding carboxylic acids is 1. The van der Waals surface area contributed by atoms with Crippen LogP contribution in [0.2, 0.25) is 0 Å². The van der Waals surface area contributed by atoms with Crippen molar-refractivity contribution >= 4 is 17.3 Å². The molecule has 2 aromatic heterocycles. The zero-order valence-corrected chi connectivity index (χ0v) is 16.1. The molecule has 0 saturated carbocycles. The molecule has 0 fully saturated rings. The normalized spacial score (nSPS) is 11.8. The van der Waals surface area contributed by atoms with Gasteiger partial charge >= 0.3 is 5.97 Å². The predicted octanol–water partition coefficient (Wildman–Crippen LogP) is 4.68. The fraction of sp³-hybridized carbons (Fsp3) is 0.238. The largest absolute Gasteiger partial charge is 0.462 e. The maximum absolute atomic E-state index is 12.7. The van der Waals surface area contributed by atoms with Gasteiger partial charge in [0, 0.05) is 12.2 Å². The van der Waals surface area contributed by atoms with Crippen LogP contribution in [0.3, 0.4) is 0 Å². The van der Waals surface area contributed by atoms with Crippen LogP contribution < -0.4 is 10.2 Å². The number of benzene rings is 1. The molecule has 1 atom stereocenters. The Bertz CT molecular complexity index is 948. The van der Waals surface area contributed by atoms with E-state index in [2.05, 4.69) is 11.4 Å². The molecule has 0 bridgehead atoms. The van der Waals surface area contributed by atoms with Crippen LogP contribution in [0.5, 0.6) is 11.5 Å². The summed E-state index contributed by atoms with van der Waals surface area (Å²) in [6, 6.07) is 11.1. The molecule has 3 aromatic rings. The van der Waals surface area contributed by atoms with Crippen molar-refractivity contribution in [2.45, 2.75) is 26.3 Å². The summed E-state index contributed by atoms with van der Waals surface area (Å²) in [7, 11) is 0. The van der Waals surface area contributed by atoms with Crippen LogP contribution in [0.15, 0.2) is 64.3 Å². The van der Waals surface area contributed by atoms with Crippen molar-refractivity contribution < 1.29 is 14.3 Å². The highest BCUT2D eigenvalue weighted by atomic mass is 32.1. The summed E-state index contributed by atoms with van der Waals surface area (Å²) in [4.78, 5) is 25.0. The van der Waals surface area contributed by atoms with Crippen molar-refractivity contribution in [3.8, 4) is 11.5 Å². The summed E-state index contributed by atoms with van der Waals surface area (Å²) in [5.74, 6) is -0.00550. The van der Waals surface area contributed by atoms with Crippen LogP contribution in [-0.4, -0.2) is 17.1 Å². The number of carbonyl (C=O) groups is 1. The first kappa shape index (κ1) is 18.9. The smallest absolute Gasteiger partial charge is 0.343 e. The van der Waals surface area contributed by atoms with Crippen LogP contribution in [0.4, 0.5) is 0 Å². The number of thiophene rings is 1. The summed E-state index contributed by atoms with van der Waals surface area (Å²) >= 11 is 1.64. The van der Waals surface area contributed by atoms with Gasteiger partial charge < -0.3 is 14.0 Å². The maximum atomic E-state index is 12.7. The zero-order valence-electron chi connectivity index (χ0n) is 15.3. The van der Waals surface area contributed by atoms with E-state index in [0.29, 0.717) is 5.75 Å². The second-order valence-corrected chi connectivity index (χ2v) is 6.91. The van der Waals surface area contributed by atoms with E-state index in [4.69, 9.17) is 9.47 Å². The van der Waals surface area contributed by atoms with Gasteiger partial charge in [0.25, 0.3) is 0 Å². The van der Waals surface area contributed by atoms with Crippen molar-refractivity contribution in [2.24, 2.45) is 0 Å². The van der Waals surface area contributed by atoms with Crippen molar-refractivity contribution in [1.82, 2.24) is 4.57 Å². The summed E-state index contributed by atoms with van der Waals surface area (Å²) < 4.78 is 12.7. The van der Waals surface area contributed by atoms with E-state index in [-0.39, 0.29) is 24.0 Å². The molecule has 2 heterocycles. The summed E-state index contributed by atoms with van der Waals surface area (Å²) in [6.45, 7) is 3.94. The SMILES string of the molecule is CCOC(=O)c1cn(C(C)Cc2ccsc2)cc(Oc2ccccc2)c1=O. The number of hydrogen-bond donors (Lipinski definition) is 0. The Morgan fingerprint density at radius 3 is 2.63 bits per heavy atom. The van der Waals surface area contributed by atoms with Crippen molar-refractivity contribution in [3.05, 3.63) is 80.9 Å². The Kier molecular flexibility index (Phi) is 6.08. The maximum Gasteiger partial charge on any atom is 0.343 e. The number of esters is 1. The third-order valence-electron chi connectivity index (χ3n) is 4.10. The van der Waals surface area contributed by atoms with E-state index in [0.717, 1.165) is 6.42 Å². The number of aromatic nitrogens is 1. The topological polar surface area (TPSA) is 57.5 Å². The molecule has 0 spiro atoms.